The lowest BCUT2D eigenvalue weighted by molar-refractivity contribution is -0.384. The third-order valence-electron chi connectivity index (χ3n) is 4.12. The number of nitrogen functional groups attached to an aromatic ring is 1. The van der Waals surface area contributed by atoms with Crippen molar-refractivity contribution in [2.24, 2.45) is 7.05 Å². The minimum Gasteiger partial charge on any atom is -0.398 e. The number of carbonyl (C=O) groups excluding carboxylic acids is 1. The van der Waals surface area contributed by atoms with Crippen LogP contribution in [0.2, 0.25) is 0 Å². The lowest BCUT2D eigenvalue weighted by Crippen LogP contribution is -2.29. The SMILES string of the molecule is CC[C@@H](NC(=O)c1cc([N+](=O)[O-])ccc1N)c1c(C)nn(C)c1C. The van der Waals surface area contributed by atoms with E-state index in [0.29, 0.717) is 6.42 Å². The number of benzene rings is 1. The number of amides is 1. The van der Waals surface area contributed by atoms with Crippen LogP contribution in [-0.2, 0) is 7.05 Å². The molecule has 1 atom stereocenters. The Labute approximate surface area is 139 Å². The molecule has 0 aliphatic carbocycles. The maximum absolute atomic E-state index is 12.6. The summed E-state index contributed by atoms with van der Waals surface area (Å²) in [4.78, 5) is 22.9. The van der Waals surface area contributed by atoms with Crippen LogP contribution < -0.4 is 11.1 Å². The molecule has 0 unspecified atom stereocenters. The van der Waals surface area contributed by atoms with Crippen LogP contribution in [0.25, 0.3) is 0 Å². The monoisotopic (exact) mass is 331 g/mol. The van der Waals surface area contributed by atoms with Gasteiger partial charge in [-0.15, -0.1) is 0 Å². The smallest absolute Gasteiger partial charge is 0.270 e. The van der Waals surface area contributed by atoms with E-state index in [9.17, 15) is 14.9 Å². The van der Waals surface area contributed by atoms with Gasteiger partial charge in [-0.25, -0.2) is 0 Å². The highest BCUT2D eigenvalue weighted by molar-refractivity contribution is 6.00. The number of nitrogens with one attached hydrogen (secondary N) is 1. The highest BCUT2D eigenvalue weighted by Gasteiger charge is 2.23. The first-order valence-corrected chi connectivity index (χ1v) is 7.61. The number of nitro groups is 1. The van der Waals surface area contributed by atoms with E-state index in [2.05, 4.69) is 10.4 Å². The number of carbonyl (C=O) groups is 1. The molecule has 1 aromatic carbocycles. The van der Waals surface area contributed by atoms with Crippen LogP contribution in [0.5, 0.6) is 0 Å². The van der Waals surface area contributed by atoms with Gasteiger partial charge in [0.1, 0.15) is 0 Å². The molecule has 2 aromatic rings. The summed E-state index contributed by atoms with van der Waals surface area (Å²) in [6, 6.07) is 3.60. The predicted octanol–water partition coefficient (Wildman–Crippen LogP) is 2.41. The topological polar surface area (TPSA) is 116 Å². The summed E-state index contributed by atoms with van der Waals surface area (Å²) in [5.41, 5.74) is 8.70. The number of non-ortho nitro benzene ring substituents is 1. The van der Waals surface area contributed by atoms with Gasteiger partial charge in [0.15, 0.2) is 0 Å². The third-order valence-corrected chi connectivity index (χ3v) is 4.12. The number of anilines is 1. The predicted molar refractivity (Wildman–Crippen MR) is 90.7 cm³/mol. The minimum absolute atomic E-state index is 0.0989. The molecule has 1 amide bonds. The minimum atomic E-state index is -0.553. The van der Waals surface area contributed by atoms with Crippen LogP contribution in [0.15, 0.2) is 18.2 Å². The molecule has 8 nitrogen and oxygen atoms in total. The van der Waals surface area contributed by atoms with Crippen LogP contribution >= 0.6 is 0 Å². The molecule has 0 saturated carbocycles. The fraction of sp³-hybridized carbons (Fsp3) is 0.375. The zero-order chi connectivity index (χ0) is 18.0. The molecule has 1 aromatic heterocycles. The Morgan fingerprint density at radius 2 is 2.12 bits per heavy atom. The second-order valence-corrected chi connectivity index (χ2v) is 5.67. The summed E-state index contributed by atoms with van der Waals surface area (Å²) in [6.07, 6.45) is 0.661. The van der Waals surface area contributed by atoms with Crippen molar-refractivity contribution in [3.63, 3.8) is 0 Å². The van der Waals surface area contributed by atoms with Crippen LogP contribution in [0.3, 0.4) is 0 Å². The normalized spacial score (nSPS) is 12.0. The Balaban J connectivity index is 2.33. The van der Waals surface area contributed by atoms with Crippen molar-refractivity contribution in [1.29, 1.82) is 0 Å². The molecule has 0 radical (unpaired) electrons. The summed E-state index contributed by atoms with van der Waals surface area (Å²) < 4.78 is 1.77. The van der Waals surface area contributed by atoms with Crippen LogP contribution in [0.4, 0.5) is 11.4 Å². The molecular formula is C16H21N5O3. The van der Waals surface area contributed by atoms with E-state index in [1.165, 1.54) is 18.2 Å². The molecular weight excluding hydrogens is 310 g/mol. The van der Waals surface area contributed by atoms with Crippen LogP contribution in [-0.4, -0.2) is 20.6 Å². The van der Waals surface area contributed by atoms with Crippen LogP contribution in [0.1, 0.15) is 46.7 Å². The lowest BCUT2D eigenvalue weighted by atomic mass is 10.0. The molecule has 0 aliphatic heterocycles. The fourth-order valence-corrected chi connectivity index (χ4v) is 2.76. The van der Waals surface area contributed by atoms with E-state index < -0.39 is 10.8 Å². The first kappa shape index (κ1) is 17.5. The van der Waals surface area contributed by atoms with Gasteiger partial charge in [0.2, 0.25) is 0 Å². The van der Waals surface area contributed by atoms with Gasteiger partial charge in [-0.05, 0) is 26.3 Å². The number of nitrogens with two attached hydrogens (primary N) is 1. The number of hydrogen-bond donors (Lipinski definition) is 2. The molecule has 0 spiro atoms. The Morgan fingerprint density at radius 3 is 2.62 bits per heavy atom. The van der Waals surface area contributed by atoms with Crippen molar-refractivity contribution in [3.8, 4) is 0 Å². The standard InChI is InChI=1S/C16H21N5O3/c1-5-14(15-9(2)19-20(4)10(15)3)18-16(22)12-8-11(21(23)24)6-7-13(12)17/h6-8,14H,5,17H2,1-4H3,(H,18,22)/t14-/m1/s1. The van der Waals surface area contributed by atoms with Gasteiger partial charge >= 0.3 is 0 Å². The van der Waals surface area contributed by atoms with E-state index in [1.807, 2.05) is 27.8 Å². The maximum Gasteiger partial charge on any atom is 0.270 e. The van der Waals surface area contributed by atoms with Gasteiger partial charge in [0.25, 0.3) is 11.6 Å². The van der Waals surface area contributed by atoms with Gasteiger partial charge in [-0.1, -0.05) is 6.92 Å². The molecule has 128 valence electrons. The zero-order valence-corrected chi connectivity index (χ0v) is 14.2. The van der Waals surface area contributed by atoms with Gasteiger partial charge in [0.05, 0.1) is 22.2 Å². The van der Waals surface area contributed by atoms with E-state index in [-0.39, 0.29) is 23.0 Å². The quantitative estimate of drug-likeness (QED) is 0.496. The van der Waals surface area contributed by atoms with Crippen molar-refractivity contribution in [3.05, 3.63) is 50.8 Å². The Hall–Kier alpha value is -2.90. The first-order chi connectivity index (χ1) is 11.3. The van der Waals surface area contributed by atoms with Crippen molar-refractivity contribution >= 4 is 17.3 Å². The number of aryl methyl sites for hydroxylation is 2. The van der Waals surface area contributed by atoms with Crippen LogP contribution in [0, 0.1) is 24.0 Å². The molecule has 2 rings (SSSR count). The summed E-state index contributed by atoms with van der Waals surface area (Å²) in [7, 11) is 1.85. The van der Waals surface area contributed by atoms with Gasteiger partial charge in [-0.2, -0.15) is 5.10 Å². The van der Waals surface area contributed by atoms with E-state index >= 15 is 0 Å². The number of rotatable bonds is 5. The lowest BCUT2D eigenvalue weighted by Gasteiger charge is -2.18. The van der Waals surface area contributed by atoms with Crippen molar-refractivity contribution < 1.29 is 9.72 Å². The Morgan fingerprint density at radius 1 is 1.46 bits per heavy atom. The zero-order valence-electron chi connectivity index (χ0n) is 14.2. The summed E-state index contributed by atoms with van der Waals surface area (Å²) in [6.45, 7) is 5.78. The van der Waals surface area contributed by atoms with E-state index in [0.717, 1.165) is 17.0 Å². The Bertz CT molecular complexity index is 797. The number of hydrogen-bond acceptors (Lipinski definition) is 5. The second kappa shape index (κ2) is 6.69. The third kappa shape index (κ3) is 3.22. The molecule has 0 bridgehead atoms. The molecule has 0 fully saturated rings. The summed E-state index contributed by atoms with van der Waals surface area (Å²) in [5, 5.41) is 18.2. The van der Waals surface area contributed by atoms with Gasteiger partial charge < -0.3 is 11.1 Å². The summed E-state index contributed by atoms with van der Waals surface area (Å²) >= 11 is 0. The molecule has 24 heavy (non-hydrogen) atoms. The average Bonchev–Trinajstić information content (AvgIpc) is 2.78. The molecule has 1 heterocycles. The molecule has 0 saturated heterocycles. The molecule has 3 N–H and O–H groups in total. The highest BCUT2D eigenvalue weighted by atomic mass is 16.6. The molecule has 8 heteroatoms. The van der Waals surface area contributed by atoms with E-state index in [4.69, 9.17) is 5.73 Å². The van der Waals surface area contributed by atoms with Crippen molar-refractivity contribution in [2.45, 2.75) is 33.2 Å². The fourth-order valence-electron chi connectivity index (χ4n) is 2.76. The van der Waals surface area contributed by atoms with Crippen molar-refractivity contribution in [1.82, 2.24) is 15.1 Å². The Kier molecular flexibility index (Phi) is 4.87. The van der Waals surface area contributed by atoms with Gasteiger partial charge in [0, 0.05) is 36.1 Å². The number of nitro benzene ring substituents is 1. The van der Waals surface area contributed by atoms with E-state index in [1.54, 1.807) is 4.68 Å². The summed E-state index contributed by atoms with van der Waals surface area (Å²) in [5.74, 6) is -0.439. The molecule has 0 aliphatic rings. The van der Waals surface area contributed by atoms with Gasteiger partial charge in [-0.3, -0.25) is 19.6 Å². The number of nitrogens with zero attached hydrogens (tertiary/aromatic N) is 3. The average molecular weight is 331 g/mol. The largest absolute Gasteiger partial charge is 0.398 e. The number of aromatic nitrogens is 2. The second-order valence-electron chi connectivity index (χ2n) is 5.67. The maximum atomic E-state index is 12.6. The van der Waals surface area contributed by atoms with Crippen molar-refractivity contribution in [2.75, 3.05) is 5.73 Å². The highest BCUT2D eigenvalue weighted by Crippen LogP contribution is 2.25. The first-order valence-electron chi connectivity index (χ1n) is 7.61.